The van der Waals surface area contributed by atoms with E-state index >= 15 is 0 Å². The van der Waals surface area contributed by atoms with Gasteiger partial charge in [0.15, 0.2) is 9.84 Å². The molecular weight excluding hydrogens is 262 g/mol. The normalized spacial score (nSPS) is 30.3. The van der Waals surface area contributed by atoms with Crippen LogP contribution in [0.3, 0.4) is 0 Å². The lowest BCUT2D eigenvalue weighted by molar-refractivity contribution is 0.171. The fraction of sp³-hybridized carbons (Fsp3) is 0.571. The lowest BCUT2D eigenvalue weighted by Crippen LogP contribution is -2.36. The van der Waals surface area contributed by atoms with Crippen LogP contribution >= 0.6 is 0 Å². The Morgan fingerprint density at radius 1 is 1.32 bits per heavy atom. The van der Waals surface area contributed by atoms with Crippen molar-refractivity contribution < 1.29 is 13.2 Å². The van der Waals surface area contributed by atoms with E-state index in [4.69, 9.17) is 10.5 Å². The van der Waals surface area contributed by atoms with E-state index in [2.05, 4.69) is 0 Å². The highest BCUT2D eigenvalue weighted by atomic mass is 32.2. The van der Waals surface area contributed by atoms with Gasteiger partial charge in [0, 0.05) is 18.8 Å². The van der Waals surface area contributed by atoms with E-state index in [-0.39, 0.29) is 18.3 Å². The summed E-state index contributed by atoms with van der Waals surface area (Å²) < 4.78 is 29.5. The molecule has 0 aromatic heterocycles. The zero-order chi connectivity index (χ0) is 14.3. The Kier molecular flexibility index (Phi) is 3.73. The summed E-state index contributed by atoms with van der Waals surface area (Å²) in [5.74, 6) is -0.0547. The van der Waals surface area contributed by atoms with E-state index in [0.717, 1.165) is 11.1 Å². The number of nitrogens with two attached hydrogens (primary N) is 1. The van der Waals surface area contributed by atoms with Gasteiger partial charge in [-0.15, -0.1) is 0 Å². The summed E-state index contributed by atoms with van der Waals surface area (Å²) in [5.41, 5.74) is 7.61. The summed E-state index contributed by atoms with van der Waals surface area (Å²) in [5, 5.41) is -0.535. The zero-order valence-electron chi connectivity index (χ0n) is 11.6. The van der Waals surface area contributed by atoms with Crippen LogP contribution in [0.1, 0.15) is 24.0 Å². The van der Waals surface area contributed by atoms with Gasteiger partial charge in [0.05, 0.1) is 17.4 Å². The van der Waals surface area contributed by atoms with E-state index in [0.29, 0.717) is 0 Å². The monoisotopic (exact) mass is 283 g/mol. The number of hydrogen-bond acceptors (Lipinski definition) is 4. The van der Waals surface area contributed by atoms with Gasteiger partial charge in [-0.3, -0.25) is 0 Å². The van der Waals surface area contributed by atoms with Gasteiger partial charge in [-0.25, -0.2) is 8.42 Å². The largest absolute Gasteiger partial charge is 0.383 e. The standard InChI is InChI=1S/C14H21NO3S/c1-4-19(16,17)13-12(14(13,15)9-18-3)11-7-5-10(2)6-8-11/h5-8,12-13H,4,9,15H2,1-3H3. The van der Waals surface area contributed by atoms with Gasteiger partial charge in [0.2, 0.25) is 0 Å². The van der Waals surface area contributed by atoms with Crippen LogP contribution < -0.4 is 5.73 Å². The maximum Gasteiger partial charge on any atom is 0.155 e. The van der Waals surface area contributed by atoms with E-state index in [1.165, 1.54) is 0 Å². The minimum absolute atomic E-state index is 0.114. The number of methoxy groups -OCH3 is 1. The molecule has 4 nitrogen and oxygen atoms in total. The predicted molar refractivity (Wildman–Crippen MR) is 76.0 cm³/mol. The van der Waals surface area contributed by atoms with Crippen molar-refractivity contribution in [2.75, 3.05) is 19.5 Å². The van der Waals surface area contributed by atoms with Crippen LogP contribution in [0.5, 0.6) is 0 Å². The Bertz CT molecular complexity index is 553. The van der Waals surface area contributed by atoms with Crippen molar-refractivity contribution >= 4 is 9.84 Å². The number of sulfone groups is 1. The number of hydrogen-bond donors (Lipinski definition) is 1. The smallest absolute Gasteiger partial charge is 0.155 e. The third-order valence-corrected chi connectivity index (χ3v) is 6.21. The van der Waals surface area contributed by atoms with Crippen LogP contribution in [0.15, 0.2) is 24.3 Å². The maximum atomic E-state index is 12.2. The second kappa shape index (κ2) is 4.89. The average Bonchev–Trinajstić information content (AvgIpc) is 2.97. The van der Waals surface area contributed by atoms with E-state index in [1.54, 1.807) is 14.0 Å². The molecule has 0 amide bonds. The third-order valence-electron chi connectivity index (χ3n) is 3.92. The van der Waals surface area contributed by atoms with Gasteiger partial charge in [-0.05, 0) is 12.5 Å². The predicted octanol–water partition coefficient (Wildman–Crippen LogP) is 1.24. The number of aryl methyl sites for hydroxylation is 1. The molecule has 0 spiro atoms. The highest BCUT2D eigenvalue weighted by Crippen LogP contribution is 2.54. The van der Waals surface area contributed by atoms with Gasteiger partial charge in [-0.2, -0.15) is 0 Å². The lowest BCUT2D eigenvalue weighted by atomic mass is 10.1. The topological polar surface area (TPSA) is 69.4 Å². The maximum absolute atomic E-state index is 12.2. The molecule has 2 N–H and O–H groups in total. The Balaban J connectivity index is 2.36. The molecule has 1 fully saturated rings. The van der Waals surface area contributed by atoms with Gasteiger partial charge >= 0.3 is 0 Å². The van der Waals surface area contributed by atoms with Crippen molar-refractivity contribution in [3.63, 3.8) is 0 Å². The average molecular weight is 283 g/mol. The molecule has 19 heavy (non-hydrogen) atoms. The highest BCUT2D eigenvalue weighted by Gasteiger charge is 2.68. The van der Waals surface area contributed by atoms with E-state index < -0.39 is 20.6 Å². The lowest BCUT2D eigenvalue weighted by Gasteiger charge is -2.10. The van der Waals surface area contributed by atoms with Crippen LogP contribution in [0.2, 0.25) is 0 Å². The van der Waals surface area contributed by atoms with Crippen molar-refractivity contribution in [1.82, 2.24) is 0 Å². The van der Waals surface area contributed by atoms with Crippen LogP contribution in [-0.2, 0) is 14.6 Å². The molecule has 3 unspecified atom stereocenters. The molecular formula is C14H21NO3S. The molecule has 0 bridgehead atoms. The van der Waals surface area contributed by atoms with Gasteiger partial charge in [0.1, 0.15) is 0 Å². The van der Waals surface area contributed by atoms with Crippen molar-refractivity contribution in [2.24, 2.45) is 5.73 Å². The first-order valence-corrected chi connectivity index (χ1v) is 8.14. The molecule has 1 aromatic carbocycles. The van der Waals surface area contributed by atoms with Crippen molar-refractivity contribution in [3.8, 4) is 0 Å². The first-order chi connectivity index (χ1) is 8.86. The van der Waals surface area contributed by atoms with Crippen LogP contribution in [0.4, 0.5) is 0 Å². The van der Waals surface area contributed by atoms with Crippen LogP contribution in [0, 0.1) is 6.92 Å². The summed E-state index contributed by atoms with van der Waals surface area (Å²) in [7, 11) is -1.62. The van der Waals surface area contributed by atoms with Crippen LogP contribution in [-0.4, -0.2) is 38.7 Å². The molecule has 0 radical (unpaired) electrons. The van der Waals surface area contributed by atoms with E-state index in [9.17, 15) is 8.42 Å². The fourth-order valence-corrected chi connectivity index (χ4v) is 4.81. The molecule has 1 saturated carbocycles. The summed E-state index contributed by atoms with van der Waals surface area (Å²) in [6, 6.07) is 7.89. The molecule has 0 aliphatic heterocycles. The molecule has 1 aliphatic carbocycles. The summed E-state index contributed by atoms with van der Waals surface area (Å²) >= 11 is 0. The fourth-order valence-electron chi connectivity index (χ4n) is 2.82. The number of rotatable bonds is 5. The molecule has 5 heteroatoms. The minimum atomic E-state index is -3.17. The van der Waals surface area contributed by atoms with Crippen LogP contribution in [0.25, 0.3) is 0 Å². The minimum Gasteiger partial charge on any atom is -0.383 e. The van der Waals surface area contributed by atoms with Crippen molar-refractivity contribution in [1.29, 1.82) is 0 Å². The highest BCUT2D eigenvalue weighted by molar-refractivity contribution is 7.92. The molecule has 0 heterocycles. The Morgan fingerprint density at radius 2 is 1.89 bits per heavy atom. The Morgan fingerprint density at radius 3 is 2.37 bits per heavy atom. The molecule has 1 aliphatic rings. The molecule has 106 valence electrons. The number of ether oxygens (including phenoxy) is 1. The molecule has 0 saturated heterocycles. The number of benzene rings is 1. The van der Waals surface area contributed by atoms with Gasteiger partial charge in [-0.1, -0.05) is 36.8 Å². The molecule has 3 atom stereocenters. The van der Waals surface area contributed by atoms with E-state index in [1.807, 2.05) is 31.2 Å². The quantitative estimate of drug-likeness (QED) is 0.882. The Labute approximate surface area is 114 Å². The Hall–Kier alpha value is -0.910. The van der Waals surface area contributed by atoms with Gasteiger partial charge in [0.25, 0.3) is 0 Å². The molecule has 1 aromatic rings. The zero-order valence-corrected chi connectivity index (χ0v) is 12.4. The molecule has 2 rings (SSSR count). The van der Waals surface area contributed by atoms with Crippen molar-refractivity contribution in [3.05, 3.63) is 35.4 Å². The second-order valence-corrected chi connectivity index (χ2v) is 7.72. The summed E-state index contributed by atoms with van der Waals surface area (Å²) in [6.07, 6.45) is 0. The SMILES string of the molecule is CCS(=O)(=O)C1C(c2ccc(C)cc2)C1(N)COC. The third kappa shape index (κ3) is 2.42. The first kappa shape index (κ1) is 14.5. The second-order valence-electron chi connectivity index (χ2n) is 5.31. The summed E-state index contributed by atoms with van der Waals surface area (Å²) in [4.78, 5) is 0. The van der Waals surface area contributed by atoms with Crippen molar-refractivity contribution in [2.45, 2.75) is 30.6 Å². The summed E-state index contributed by atoms with van der Waals surface area (Å²) in [6.45, 7) is 3.92. The first-order valence-electron chi connectivity index (χ1n) is 6.42. The van der Waals surface area contributed by atoms with Gasteiger partial charge < -0.3 is 10.5 Å².